The second kappa shape index (κ2) is 25.2. The maximum Gasteiger partial charge on any atom is 0.260 e. The first kappa shape index (κ1) is 57.0. The lowest BCUT2D eigenvalue weighted by molar-refractivity contribution is -0.139. The highest BCUT2D eigenvalue weighted by Gasteiger charge is 2.38. The number of likely N-dealkylation sites (tertiary alicyclic amines) is 1. The summed E-state index contributed by atoms with van der Waals surface area (Å²) in [6.07, 6.45) is 11.4. The Morgan fingerprint density at radius 3 is 1.72 bits per heavy atom. The van der Waals surface area contributed by atoms with Gasteiger partial charge in [0, 0.05) is 87.2 Å². The number of anilines is 1. The summed E-state index contributed by atoms with van der Waals surface area (Å²) in [5.74, 6) is -1.30. The van der Waals surface area contributed by atoms with Gasteiger partial charge in [0.2, 0.25) is 29.5 Å². The lowest BCUT2D eigenvalue weighted by Crippen LogP contribution is -2.53. The topological polar surface area (TPSA) is 227 Å². The van der Waals surface area contributed by atoms with Crippen molar-refractivity contribution in [2.45, 2.75) is 110 Å². The third-order valence-corrected chi connectivity index (χ3v) is 15.1. The number of fused-ring (bicyclic) bond motifs is 4. The van der Waals surface area contributed by atoms with E-state index in [-0.39, 0.29) is 85.3 Å². The Morgan fingerprint density at radius 2 is 1.21 bits per heavy atom. The van der Waals surface area contributed by atoms with Gasteiger partial charge in [-0.25, -0.2) is 4.39 Å². The molecule has 4 aromatic rings. The summed E-state index contributed by atoms with van der Waals surface area (Å²) in [4.78, 5) is 106. The van der Waals surface area contributed by atoms with E-state index in [0.29, 0.717) is 103 Å². The highest BCUT2D eigenvalue weighted by Crippen LogP contribution is 2.42. The van der Waals surface area contributed by atoms with Crippen molar-refractivity contribution in [3.05, 3.63) is 113 Å². The van der Waals surface area contributed by atoms with Crippen molar-refractivity contribution >= 4 is 82.0 Å². The van der Waals surface area contributed by atoms with Gasteiger partial charge in [-0.3, -0.25) is 48.4 Å². The predicted octanol–water partition coefficient (Wildman–Crippen LogP) is 8.56. The maximum atomic E-state index is 14.1. The molecule has 0 saturated carbocycles. The van der Waals surface area contributed by atoms with E-state index in [4.69, 9.17) is 23.9 Å². The average Bonchev–Trinajstić information content (AvgIpc) is 4.22. The molecule has 5 heterocycles. The Balaban J connectivity index is 0.733. The molecule has 1 saturated heterocycles. The maximum absolute atomic E-state index is 14.1. The summed E-state index contributed by atoms with van der Waals surface area (Å²) in [6, 6.07) is 17.5. The van der Waals surface area contributed by atoms with Gasteiger partial charge < -0.3 is 44.7 Å². The monoisotopic (exact) mass is 1110 g/mol. The smallest absolute Gasteiger partial charge is 0.260 e. The molecule has 0 bridgehead atoms. The Hall–Kier alpha value is -8.68. The van der Waals surface area contributed by atoms with Crippen molar-refractivity contribution in [3.63, 3.8) is 0 Å². The zero-order valence-electron chi connectivity index (χ0n) is 46.3. The SMILES string of the molecule is CCC1CC(=O)N(CCCCCC(=O)N[C@H](C(=O)N[C@@H](C)C(=O)Nc2ccc(C3=CN4C(=O)c5cc(OC)c(OCCCOc6cc7c(cc6OC)C(=O)N6C=C(c8ccc(F)cc8)C[C@H]6C=N7)cc5N=C[C@@H]4C3)cc2)C(C)C)C1=O. The minimum Gasteiger partial charge on any atom is -0.493 e. The number of unbranched alkanes of at least 4 members (excludes halogenated alkanes) is 2. The van der Waals surface area contributed by atoms with Crippen molar-refractivity contribution < 1.29 is 56.9 Å². The van der Waals surface area contributed by atoms with Gasteiger partial charge in [-0.2, -0.15) is 0 Å². The first-order valence-corrected chi connectivity index (χ1v) is 27.5. The largest absolute Gasteiger partial charge is 0.493 e. The number of hydrogen-bond donors (Lipinski definition) is 3. The molecule has 424 valence electrons. The Bertz CT molecular complexity index is 3230. The summed E-state index contributed by atoms with van der Waals surface area (Å²) in [6.45, 7) is 7.88. The molecular weight excluding hydrogens is 1040 g/mol. The fourth-order valence-corrected chi connectivity index (χ4v) is 10.4. The molecule has 5 aliphatic rings. The fourth-order valence-electron chi connectivity index (χ4n) is 10.4. The van der Waals surface area contributed by atoms with Gasteiger partial charge in [0.15, 0.2) is 23.0 Å². The van der Waals surface area contributed by atoms with E-state index in [1.54, 1.807) is 104 Å². The molecular formula is C61H67FN8O11. The number of halogens is 1. The molecule has 19 nitrogen and oxygen atoms in total. The normalized spacial score (nSPS) is 18.7. The van der Waals surface area contributed by atoms with Crippen molar-refractivity contribution in [1.29, 1.82) is 0 Å². The molecule has 1 fully saturated rings. The van der Waals surface area contributed by atoms with E-state index in [1.165, 1.54) is 31.3 Å². The molecule has 0 aromatic heterocycles. The number of carbonyl (C=O) groups is 7. The first-order valence-electron chi connectivity index (χ1n) is 27.5. The molecule has 7 amide bonds. The zero-order chi connectivity index (χ0) is 57.5. The van der Waals surface area contributed by atoms with Crippen LogP contribution in [0.4, 0.5) is 21.5 Å². The van der Waals surface area contributed by atoms with Crippen LogP contribution in [0.15, 0.2) is 95.2 Å². The standard InChI is InChI=1S/C61H67FN8O11/c1-7-37-26-55(72)68(59(37)75)21-10-8-9-12-54(71)67-56(35(2)3)58(74)65-36(4)57(73)66-43-19-15-39(16-20-43)41-25-45-32-64-49-30-53(51(79-6)28-47(49)61(77)70(45)34-41)81-23-11-22-80-52-29-48-46(27-50(52)78-5)60(76)69-33-40(24-44(69)31-63-48)38-13-17-42(62)18-14-38/h13-20,27-37,44-45,56H,7-12,21-26H2,1-6H3,(H,65,74)(H,66,73)(H,67,71)/t36-,37?,44-,45-,56-/m0/s1. The van der Waals surface area contributed by atoms with Crippen LogP contribution in [0, 0.1) is 17.7 Å². The summed E-state index contributed by atoms with van der Waals surface area (Å²) in [5.41, 5.74) is 5.56. The fraction of sp³-hybridized carbons (Fsp3) is 0.393. The molecule has 0 radical (unpaired) electrons. The average molecular weight is 1110 g/mol. The molecule has 4 aromatic carbocycles. The second-order valence-corrected chi connectivity index (χ2v) is 21.0. The molecule has 20 heteroatoms. The van der Waals surface area contributed by atoms with E-state index in [9.17, 15) is 38.0 Å². The van der Waals surface area contributed by atoms with Crippen LogP contribution in [0.2, 0.25) is 0 Å². The summed E-state index contributed by atoms with van der Waals surface area (Å²) >= 11 is 0. The van der Waals surface area contributed by atoms with Gasteiger partial charge in [-0.1, -0.05) is 51.5 Å². The van der Waals surface area contributed by atoms with Crippen molar-refractivity contribution in [1.82, 2.24) is 25.3 Å². The number of nitrogens with zero attached hydrogens (tertiary/aromatic N) is 5. The van der Waals surface area contributed by atoms with Crippen LogP contribution in [-0.4, -0.2) is 127 Å². The minimum atomic E-state index is -0.927. The summed E-state index contributed by atoms with van der Waals surface area (Å²) < 4.78 is 37.2. The lowest BCUT2D eigenvalue weighted by Gasteiger charge is -2.24. The highest BCUT2D eigenvalue weighted by molar-refractivity contribution is 6.07. The van der Waals surface area contributed by atoms with Crippen molar-refractivity contribution in [3.8, 4) is 23.0 Å². The number of rotatable bonds is 23. The van der Waals surface area contributed by atoms with Crippen LogP contribution in [0.25, 0.3) is 11.1 Å². The Kier molecular flexibility index (Phi) is 17.7. The number of carbonyl (C=O) groups excluding carboxylic acids is 7. The van der Waals surface area contributed by atoms with Gasteiger partial charge in [0.25, 0.3) is 11.8 Å². The van der Waals surface area contributed by atoms with Gasteiger partial charge >= 0.3 is 0 Å². The van der Waals surface area contributed by atoms with E-state index in [0.717, 1.165) is 22.3 Å². The Morgan fingerprint density at radius 1 is 0.667 bits per heavy atom. The van der Waals surface area contributed by atoms with Crippen molar-refractivity contribution in [2.24, 2.45) is 21.8 Å². The van der Waals surface area contributed by atoms with Crippen LogP contribution in [0.1, 0.15) is 117 Å². The van der Waals surface area contributed by atoms with Crippen LogP contribution in [0.5, 0.6) is 23.0 Å². The molecule has 9 rings (SSSR count). The van der Waals surface area contributed by atoms with Gasteiger partial charge in [-0.15, -0.1) is 0 Å². The van der Waals surface area contributed by atoms with Crippen LogP contribution in [-0.2, 0) is 24.0 Å². The predicted molar refractivity (Wildman–Crippen MR) is 302 cm³/mol. The number of benzene rings is 4. The number of nitrogens with one attached hydrogen (secondary N) is 3. The third kappa shape index (κ3) is 12.8. The molecule has 5 atom stereocenters. The Labute approximate surface area is 469 Å². The van der Waals surface area contributed by atoms with Gasteiger partial charge in [-0.05, 0) is 90.8 Å². The quantitative estimate of drug-likeness (QED) is 0.0471. The number of amides is 7. The first-order chi connectivity index (χ1) is 39.0. The molecule has 0 spiro atoms. The van der Waals surface area contributed by atoms with Crippen LogP contribution < -0.4 is 34.9 Å². The third-order valence-electron chi connectivity index (χ3n) is 15.1. The second-order valence-electron chi connectivity index (χ2n) is 21.0. The number of imide groups is 1. The van der Waals surface area contributed by atoms with Crippen LogP contribution in [0.3, 0.4) is 0 Å². The van der Waals surface area contributed by atoms with Crippen LogP contribution >= 0.6 is 0 Å². The van der Waals surface area contributed by atoms with E-state index >= 15 is 0 Å². The van der Waals surface area contributed by atoms with E-state index < -0.39 is 23.9 Å². The minimum absolute atomic E-state index is 0.121. The molecule has 5 aliphatic heterocycles. The summed E-state index contributed by atoms with van der Waals surface area (Å²) in [5, 5.41) is 8.37. The van der Waals surface area contributed by atoms with E-state index in [1.807, 2.05) is 19.1 Å². The number of ether oxygens (including phenoxy) is 4. The van der Waals surface area contributed by atoms with Crippen molar-refractivity contribution in [2.75, 3.05) is 39.3 Å². The molecule has 0 aliphatic carbocycles. The highest BCUT2D eigenvalue weighted by atomic mass is 19.1. The van der Waals surface area contributed by atoms with E-state index in [2.05, 4.69) is 20.9 Å². The number of methoxy groups -OCH3 is 2. The zero-order valence-corrected chi connectivity index (χ0v) is 46.3. The van der Waals surface area contributed by atoms with Gasteiger partial charge in [0.1, 0.15) is 17.9 Å². The lowest BCUT2D eigenvalue weighted by atomic mass is 10.0. The molecule has 3 N–H and O–H groups in total. The summed E-state index contributed by atoms with van der Waals surface area (Å²) in [7, 11) is 3.00. The van der Waals surface area contributed by atoms with Gasteiger partial charge in [0.05, 0.1) is 62.0 Å². The molecule has 81 heavy (non-hydrogen) atoms. The number of hydrogen-bond acceptors (Lipinski definition) is 13. The molecule has 1 unspecified atom stereocenters. The number of aliphatic imine (C=N–C) groups is 2.